The Hall–Kier alpha value is -2.55. The van der Waals surface area contributed by atoms with Crippen LogP contribution in [0.15, 0.2) is 84.9 Å². The molecule has 2 unspecified atom stereocenters. The normalized spacial score (nSPS) is 17.5. The Morgan fingerprint density at radius 3 is 1.38 bits per heavy atom. The van der Waals surface area contributed by atoms with Crippen LogP contribution < -0.4 is 0 Å². The van der Waals surface area contributed by atoms with Crippen molar-refractivity contribution in [3.8, 4) is 22.3 Å². The van der Waals surface area contributed by atoms with Crippen molar-refractivity contribution in [2.24, 2.45) is 0 Å². The molecule has 0 aromatic heterocycles. The molecule has 0 nitrogen and oxygen atoms in total. The first-order valence-corrected chi connectivity index (χ1v) is 37.3. The molecule has 2 aliphatic rings. The van der Waals surface area contributed by atoms with E-state index < -0.39 is 22.6 Å². The quantitative estimate of drug-likeness (QED) is 0.170. The molecule has 250 valence electrons. The SMILES string of the molecule is CCC[Si](C)=[Hf]([CH3])([CH3])([CH]1C=Cc2c(-c3ccc(C(C)(C)C)cc3C)cccc21)[CH]1C=Cc2c(-c3ccc(C(C)(C)C)cc3C)cccc21. The molecule has 0 saturated heterocycles. The molecule has 2 atom stereocenters. The third-order valence-corrected chi connectivity index (χ3v) is 70.6. The van der Waals surface area contributed by atoms with Gasteiger partial charge in [-0.25, -0.2) is 0 Å². The zero-order valence-corrected chi connectivity index (χ0v) is 36.4. The van der Waals surface area contributed by atoms with Crippen LogP contribution in [0.5, 0.6) is 0 Å². The van der Waals surface area contributed by atoms with E-state index in [2.05, 4.69) is 175 Å². The first kappa shape index (κ1) is 35.3. The number of rotatable bonds is 6. The number of hydrogen-bond acceptors (Lipinski definition) is 0. The summed E-state index contributed by atoms with van der Waals surface area (Å²) >= 11 is -3.85. The van der Waals surface area contributed by atoms with E-state index in [1.807, 2.05) is 0 Å². The van der Waals surface area contributed by atoms with Gasteiger partial charge >= 0.3 is 295 Å². The zero-order valence-electron chi connectivity index (χ0n) is 31.8. The van der Waals surface area contributed by atoms with Gasteiger partial charge in [-0.1, -0.05) is 0 Å². The zero-order chi connectivity index (χ0) is 34.8. The van der Waals surface area contributed by atoms with E-state index in [0.717, 1.165) is 0 Å². The van der Waals surface area contributed by atoms with Gasteiger partial charge in [0, 0.05) is 0 Å². The van der Waals surface area contributed by atoms with Crippen molar-refractivity contribution in [1.29, 1.82) is 0 Å². The average molecular weight is 818 g/mol. The molecule has 0 spiro atoms. The van der Waals surface area contributed by atoms with Gasteiger partial charge in [-0.05, 0) is 0 Å². The Bertz CT molecular complexity index is 1910. The van der Waals surface area contributed by atoms with Crippen molar-refractivity contribution in [2.45, 2.75) is 109 Å². The summed E-state index contributed by atoms with van der Waals surface area (Å²) in [6, 6.07) is 30.1. The van der Waals surface area contributed by atoms with E-state index in [4.69, 9.17) is 0 Å². The Balaban J connectivity index is 1.49. The molecule has 2 aliphatic carbocycles. The minimum absolute atomic E-state index is 0.149. The van der Waals surface area contributed by atoms with E-state index in [1.54, 1.807) is 11.1 Å². The predicted molar refractivity (Wildman–Crippen MR) is 213 cm³/mol. The summed E-state index contributed by atoms with van der Waals surface area (Å²) in [5.41, 5.74) is 17.0. The summed E-state index contributed by atoms with van der Waals surface area (Å²) in [6.45, 7) is 23.6. The van der Waals surface area contributed by atoms with E-state index in [1.165, 1.54) is 68.1 Å². The number of allylic oxidation sites excluding steroid dienone is 2. The number of benzene rings is 4. The van der Waals surface area contributed by atoms with Gasteiger partial charge in [-0.3, -0.25) is 0 Å². The Labute approximate surface area is 293 Å². The Morgan fingerprint density at radius 1 is 0.604 bits per heavy atom. The van der Waals surface area contributed by atoms with Crippen LogP contribution in [0.1, 0.15) is 107 Å². The fourth-order valence-corrected chi connectivity index (χ4v) is 53.4. The van der Waals surface area contributed by atoms with Gasteiger partial charge in [0.1, 0.15) is 0 Å². The fourth-order valence-electron chi connectivity index (χ4n) is 9.05. The van der Waals surface area contributed by atoms with Gasteiger partial charge in [-0.2, -0.15) is 0 Å². The second kappa shape index (κ2) is 12.3. The average Bonchev–Trinajstić information content (AvgIpc) is 3.67. The first-order chi connectivity index (χ1) is 22.5. The van der Waals surface area contributed by atoms with E-state index in [9.17, 15) is 0 Å². The van der Waals surface area contributed by atoms with Crippen molar-refractivity contribution in [3.63, 3.8) is 0 Å². The minimum atomic E-state index is -3.85. The molecule has 0 N–H and O–H groups in total. The van der Waals surface area contributed by atoms with Crippen LogP contribution in [-0.2, 0) is 28.0 Å². The second-order valence-corrected chi connectivity index (χ2v) is 65.4. The Morgan fingerprint density at radius 2 is 1.02 bits per heavy atom. The molecule has 4 aromatic carbocycles. The maximum atomic E-state index is 2.88. The van der Waals surface area contributed by atoms with E-state index in [-0.39, 0.29) is 10.8 Å². The van der Waals surface area contributed by atoms with Crippen LogP contribution in [0.25, 0.3) is 34.4 Å². The topological polar surface area (TPSA) is 0 Å². The number of aryl methyl sites for hydroxylation is 2. The molecule has 2 heteroatoms. The van der Waals surface area contributed by atoms with Gasteiger partial charge in [0.15, 0.2) is 0 Å². The standard InChI is InChI=1S/2C20H21.C4H10Si.2CH3.Hf/c2*1-14-13-16(20(2,3)4)11-12-17(14)19-10-6-8-15-7-5-9-18(15)19;1-3-4-5-2;;;/h2*5-13H,1-4H3;3-4H2,1-2H3;2*1H3;. The summed E-state index contributed by atoms with van der Waals surface area (Å²) < 4.78 is 6.85. The molecule has 0 heterocycles. The molecule has 6 rings (SSSR count). The second-order valence-electron chi connectivity index (χ2n) is 18.0. The van der Waals surface area contributed by atoms with Gasteiger partial charge in [-0.15, -0.1) is 0 Å². The van der Waals surface area contributed by atoms with Crippen molar-refractivity contribution >= 4 is 17.6 Å². The van der Waals surface area contributed by atoms with Gasteiger partial charge in [0.25, 0.3) is 0 Å². The van der Waals surface area contributed by atoms with Crippen LogP contribution in [0.2, 0.25) is 22.0 Å². The molecule has 0 saturated carbocycles. The molecular formula is C46H58HfSi. The molecule has 0 bridgehead atoms. The van der Waals surface area contributed by atoms with Crippen LogP contribution >= 0.6 is 0 Å². The van der Waals surface area contributed by atoms with Crippen molar-refractivity contribution < 1.29 is 17.1 Å². The van der Waals surface area contributed by atoms with Crippen molar-refractivity contribution in [1.82, 2.24) is 0 Å². The fraction of sp³-hybridized carbons (Fsp3) is 0.391. The molecular weight excluding hydrogens is 759 g/mol. The van der Waals surface area contributed by atoms with Crippen LogP contribution in [0.4, 0.5) is 0 Å². The van der Waals surface area contributed by atoms with E-state index >= 15 is 0 Å². The predicted octanol–water partition coefficient (Wildman–Crippen LogP) is 13.9. The van der Waals surface area contributed by atoms with Crippen LogP contribution in [0.3, 0.4) is 0 Å². The van der Waals surface area contributed by atoms with Crippen molar-refractivity contribution in [2.75, 3.05) is 0 Å². The van der Waals surface area contributed by atoms with Gasteiger partial charge in [0.05, 0.1) is 0 Å². The molecule has 0 amide bonds. The molecule has 0 fully saturated rings. The van der Waals surface area contributed by atoms with Gasteiger partial charge < -0.3 is 0 Å². The number of fused-ring (bicyclic) bond motifs is 2. The summed E-state index contributed by atoms with van der Waals surface area (Å²) in [4.78, 5) is 0. The monoisotopic (exact) mass is 818 g/mol. The summed E-state index contributed by atoms with van der Waals surface area (Å²) in [7, 11) is 0. The van der Waals surface area contributed by atoms with Crippen LogP contribution in [-0.4, -0.2) is 5.49 Å². The summed E-state index contributed by atoms with van der Waals surface area (Å²) in [5.74, 6) is 0. The van der Waals surface area contributed by atoms with Crippen LogP contribution in [0, 0.1) is 13.8 Å². The summed E-state index contributed by atoms with van der Waals surface area (Å²) in [5, 5.41) is 0. The first-order valence-electron chi connectivity index (χ1n) is 18.3. The Kier molecular flexibility index (Phi) is 9.07. The summed E-state index contributed by atoms with van der Waals surface area (Å²) in [6.07, 6.45) is 11.7. The molecule has 48 heavy (non-hydrogen) atoms. The molecule has 4 aromatic rings. The third kappa shape index (κ3) is 5.77. The van der Waals surface area contributed by atoms with E-state index in [0.29, 0.717) is 7.35 Å². The number of hydrogen-bond donors (Lipinski definition) is 0. The maximum absolute atomic E-state index is 3.85. The molecule has 0 radical (unpaired) electrons. The van der Waals surface area contributed by atoms with Crippen molar-refractivity contribution in [3.05, 3.63) is 129 Å². The van der Waals surface area contributed by atoms with Gasteiger partial charge in [0.2, 0.25) is 0 Å². The molecule has 0 aliphatic heterocycles. The third-order valence-electron chi connectivity index (χ3n) is 12.5.